The van der Waals surface area contributed by atoms with E-state index in [1.165, 1.54) is 34.4 Å². The fraction of sp³-hybridized carbons (Fsp3) is 0.323. The molecule has 3 nitrogen and oxygen atoms in total. The highest BCUT2D eigenvalue weighted by Crippen LogP contribution is 2.43. The molecule has 1 saturated carbocycles. The van der Waals surface area contributed by atoms with Crippen molar-refractivity contribution in [2.75, 3.05) is 19.0 Å². The zero-order valence-electron chi connectivity index (χ0n) is 20.7. The van der Waals surface area contributed by atoms with Gasteiger partial charge < -0.3 is 9.80 Å². The van der Waals surface area contributed by atoms with Crippen LogP contribution in [-0.4, -0.2) is 25.4 Å². The Morgan fingerprint density at radius 1 is 0.853 bits per heavy atom. The second kappa shape index (κ2) is 10.7. The third-order valence-electron chi connectivity index (χ3n) is 7.16. The second-order valence-electron chi connectivity index (χ2n) is 9.59. The first kappa shape index (κ1) is 23.8. The summed E-state index contributed by atoms with van der Waals surface area (Å²) >= 11 is 0. The Balaban J connectivity index is 1.59. The first-order chi connectivity index (χ1) is 16.6. The topological polar surface area (TPSA) is 23.6 Å². The average molecular weight is 453 g/mol. The maximum Gasteiger partial charge on any atom is 0.210 e. The number of nitrogens with zero attached hydrogens (tertiary/aromatic N) is 2. The number of allylic oxidation sites excluding steroid dienone is 1. The van der Waals surface area contributed by atoms with Crippen LogP contribution in [0.5, 0.6) is 0 Å². The van der Waals surface area contributed by atoms with Crippen LogP contribution >= 0.6 is 0 Å². The molecular formula is C31H36N2O. The van der Waals surface area contributed by atoms with Gasteiger partial charge in [-0.1, -0.05) is 86.0 Å². The maximum absolute atomic E-state index is 12.5. The lowest BCUT2D eigenvalue weighted by Gasteiger charge is -2.45. The van der Waals surface area contributed by atoms with Crippen LogP contribution in [0.2, 0.25) is 0 Å². The molecule has 0 heterocycles. The van der Waals surface area contributed by atoms with Crippen LogP contribution in [0.25, 0.3) is 17.2 Å². The van der Waals surface area contributed by atoms with E-state index in [2.05, 4.69) is 109 Å². The first-order valence-corrected chi connectivity index (χ1v) is 12.4. The van der Waals surface area contributed by atoms with Gasteiger partial charge in [-0.05, 0) is 65.8 Å². The van der Waals surface area contributed by atoms with E-state index >= 15 is 0 Å². The Morgan fingerprint density at radius 3 is 2.09 bits per heavy atom. The summed E-state index contributed by atoms with van der Waals surface area (Å²) < 4.78 is 0. The smallest absolute Gasteiger partial charge is 0.210 e. The lowest BCUT2D eigenvalue weighted by Crippen LogP contribution is -2.46. The summed E-state index contributed by atoms with van der Waals surface area (Å²) in [5.74, 6) is 0. The third kappa shape index (κ3) is 5.09. The standard InChI is InChI=1S/C31H36N2O/c1-4-9-25-10-8-11-29(22-25)31(20-6-5-7-21-31)33(24-34)23-26-12-14-27(15-13-26)28-16-18-30(19-17-28)32(2)3/h4,8-19,22,24H,5-7,20-21,23H2,1-3H3/b9-4-. The fourth-order valence-corrected chi connectivity index (χ4v) is 5.24. The Bertz CT molecular complexity index is 1110. The van der Waals surface area contributed by atoms with Crippen LogP contribution in [0.1, 0.15) is 55.7 Å². The number of hydrogen-bond donors (Lipinski definition) is 0. The molecule has 1 aliphatic rings. The van der Waals surface area contributed by atoms with Crippen LogP contribution in [-0.2, 0) is 16.9 Å². The number of carbonyl (C=O) groups is 1. The molecule has 3 heteroatoms. The molecule has 0 N–H and O–H groups in total. The van der Waals surface area contributed by atoms with Gasteiger partial charge in [-0.3, -0.25) is 4.79 Å². The van der Waals surface area contributed by atoms with E-state index in [0.717, 1.165) is 37.7 Å². The van der Waals surface area contributed by atoms with Gasteiger partial charge in [-0.2, -0.15) is 0 Å². The highest BCUT2D eigenvalue weighted by atomic mass is 16.1. The number of carbonyl (C=O) groups excluding carboxylic acids is 1. The fourth-order valence-electron chi connectivity index (χ4n) is 5.24. The minimum atomic E-state index is -0.238. The molecule has 0 saturated heterocycles. The van der Waals surface area contributed by atoms with Gasteiger partial charge in [0.25, 0.3) is 0 Å². The van der Waals surface area contributed by atoms with Gasteiger partial charge in [-0.15, -0.1) is 0 Å². The monoisotopic (exact) mass is 452 g/mol. The van der Waals surface area contributed by atoms with E-state index in [9.17, 15) is 4.79 Å². The normalized spacial score (nSPS) is 15.3. The summed E-state index contributed by atoms with van der Waals surface area (Å²) in [6, 6.07) is 26.0. The molecule has 34 heavy (non-hydrogen) atoms. The molecule has 0 radical (unpaired) electrons. The SMILES string of the molecule is C/C=C\c1cccc(C2(N(C=O)Cc3ccc(-c4ccc(N(C)C)cc4)cc3)CCCCC2)c1. The molecular weight excluding hydrogens is 416 g/mol. The molecule has 176 valence electrons. The molecule has 0 aliphatic heterocycles. The maximum atomic E-state index is 12.5. The van der Waals surface area contributed by atoms with Crippen LogP contribution in [0.15, 0.2) is 78.9 Å². The number of rotatable bonds is 8. The quantitative estimate of drug-likeness (QED) is 0.336. The number of anilines is 1. The molecule has 4 rings (SSSR count). The van der Waals surface area contributed by atoms with Crippen molar-refractivity contribution in [2.24, 2.45) is 0 Å². The van der Waals surface area contributed by atoms with Gasteiger partial charge >= 0.3 is 0 Å². The predicted octanol–water partition coefficient (Wildman–Crippen LogP) is 7.27. The summed E-state index contributed by atoms with van der Waals surface area (Å²) in [7, 11) is 4.11. The van der Waals surface area contributed by atoms with E-state index in [1.54, 1.807) is 0 Å². The molecule has 3 aromatic rings. The zero-order valence-corrected chi connectivity index (χ0v) is 20.7. The Hall–Kier alpha value is -3.33. The minimum absolute atomic E-state index is 0.238. The lowest BCUT2D eigenvalue weighted by molar-refractivity contribution is -0.127. The minimum Gasteiger partial charge on any atom is -0.378 e. The Kier molecular flexibility index (Phi) is 7.52. The van der Waals surface area contributed by atoms with Crippen molar-refractivity contribution in [3.8, 4) is 11.1 Å². The first-order valence-electron chi connectivity index (χ1n) is 12.4. The summed E-state index contributed by atoms with van der Waals surface area (Å²) in [6.07, 6.45) is 10.9. The van der Waals surface area contributed by atoms with Gasteiger partial charge in [0.15, 0.2) is 0 Å². The van der Waals surface area contributed by atoms with E-state index in [-0.39, 0.29) is 5.54 Å². The molecule has 0 bridgehead atoms. The molecule has 0 spiro atoms. The molecule has 0 aromatic heterocycles. The van der Waals surface area contributed by atoms with Gasteiger partial charge in [0.1, 0.15) is 0 Å². The second-order valence-corrected chi connectivity index (χ2v) is 9.59. The van der Waals surface area contributed by atoms with Gasteiger partial charge in [-0.25, -0.2) is 0 Å². The molecule has 1 amide bonds. The van der Waals surface area contributed by atoms with E-state index in [0.29, 0.717) is 6.54 Å². The average Bonchev–Trinajstić information content (AvgIpc) is 2.88. The summed E-state index contributed by atoms with van der Waals surface area (Å²) in [5.41, 5.74) is 6.96. The Morgan fingerprint density at radius 2 is 1.50 bits per heavy atom. The summed E-state index contributed by atoms with van der Waals surface area (Å²) in [5, 5.41) is 0. The van der Waals surface area contributed by atoms with E-state index in [1.807, 2.05) is 6.92 Å². The molecule has 0 atom stereocenters. The number of hydrogen-bond acceptors (Lipinski definition) is 2. The largest absolute Gasteiger partial charge is 0.378 e. The third-order valence-corrected chi connectivity index (χ3v) is 7.16. The van der Waals surface area contributed by atoms with Gasteiger partial charge in [0.05, 0.1) is 5.54 Å². The molecule has 1 aliphatic carbocycles. The van der Waals surface area contributed by atoms with Gasteiger partial charge in [0, 0.05) is 26.3 Å². The lowest BCUT2D eigenvalue weighted by atomic mass is 9.75. The van der Waals surface area contributed by atoms with Crippen molar-refractivity contribution in [2.45, 2.75) is 51.1 Å². The van der Waals surface area contributed by atoms with Crippen molar-refractivity contribution in [3.05, 3.63) is 95.6 Å². The summed E-state index contributed by atoms with van der Waals surface area (Å²) in [6.45, 7) is 2.66. The number of amides is 1. The predicted molar refractivity (Wildman–Crippen MR) is 144 cm³/mol. The molecule has 0 unspecified atom stereocenters. The zero-order chi connectivity index (χ0) is 24.0. The van der Waals surface area contributed by atoms with Crippen LogP contribution in [0, 0.1) is 0 Å². The molecule has 1 fully saturated rings. The van der Waals surface area contributed by atoms with Crippen molar-refractivity contribution in [3.63, 3.8) is 0 Å². The summed E-state index contributed by atoms with van der Waals surface area (Å²) in [4.78, 5) is 16.6. The number of benzene rings is 3. The van der Waals surface area contributed by atoms with Crippen molar-refractivity contribution < 1.29 is 4.79 Å². The van der Waals surface area contributed by atoms with Crippen LogP contribution < -0.4 is 4.90 Å². The van der Waals surface area contributed by atoms with Crippen LogP contribution in [0.4, 0.5) is 5.69 Å². The van der Waals surface area contributed by atoms with Crippen LogP contribution in [0.3, 0.4) is 0 Å². The Labute approximate surface area is 204 Å². The van der Waals surface area contributed by atoms with E-state index in [4.69, 9.17) is 0 Å². The van der Waals surface area contributed by atoms with Gasteiger partial charge in [0.2, 0.25) is 6.41 Å². The molecule has 3 aromatic carbocycles. The highest BCUT2D eigenvalue weighted by Gasteiger charge is 2.39. The van der Waals surface area contributed by atoms with Crippen molar-refractivity contribution in [1.82, 2.24) is 4.90 Å². The van der Waals surface area contributed by atoms with Crippen molar-refractivity contribution in [1.29, 1.82) is 0 Å². The van der Waals surface area contributed by atoms with E-state index < -0.39 is 0 Å². The van der Waals surface area contributed by atoms with Crippen molar-refractivity contribution >= 4 is 18.2 Å². The highest BCUT2D eigenvalue weighted by molar-refractivity contribution is 5.66.